The Labute approximate surface area is 129 Å². The normalized spacial score (nSPS) is 16.0. The lowest BCUT2D eigenvalue weighted by Crippen LogP contribution is -2.13. The van der Waals surface area contributed by atoms with Gasteiger partial charge in [0, 0.05) is 6.54 Å². The molecule has 3 rings (SSSR count). The van der Waals surface area contributed by atoms with Gasteiger partial charge in [-0.2, -0.15) is 4.98 Å². The van der Waals surface area contributed by atoms with Gasteiger partial charge in [0.05, 0.1) is 6.33 Å². The summed E-state index contributed by atoms with van der Waals surface area (Å²) in [6.45, 7) is 4.95. The summed E-state index contributed by atoms with van der Waals surface area (Å²) in [7, 11) is 0. The number of hydrogen-bond donors (Lipinski definition) is 0. The van der Waals surface area contributed by atoms with Gasteiger partial charge in [0.1, 0.15) is 5.52 Å². The Hall–Kier alpha value is -0.870. The van der Waals surface area contributed by atoms with Crippen LogP contribution in [0.5, 0.6) is 0 Å². The molecule has 0 unspecified atom stereocenters. The Balaban J connectivity index is 0.000000704. The Bertz CT molecular complexity index is 562. The summed E-state index contributed by atoms with van der Waals surface area (Å²) in [5, 5.41) is 0.536. The zero-order chi connectivity index (χ0) is 14.5. The molecule has 0 aliphatic heterocycles. The Morgan fingerprint density at radius 2 is 1.85 bits per heavy atom. The Morgan fingerprint density at radius 3 is 2.55 bits per heavy atom. The van der Waals surface area contributed by atoms with Crippen molar-refractivity contribution in [3.8, 4) is 0 Å². The molecule has 2 aromatic rings. The fraction of sp³-hybridized carbons (Fsp3) is 0.643. The van der Waals surface area contributed by atoms with E-state index in [0.717, 1.165) is 12.1 Å². The van der Waals surface area contributed by atoms with Crippen LogP contribution in [0.1, 0.15) is 46.0 Å². The van der Waals surface area contributed by atoms with E-state index >= 15 is 0 Å². The second-order valence-corrected chi connectivity index (χ2v) is 5.55. The van der Waals surface area contributed by atoms with Crippen LogP contribution in [0, 0.1) is 5.92 Å². The highest BCUT2D eigenvalue weighted by molar-refractivity contribution is 6.35. The van der Waals surface area contributed by atoms with E-state index < -0.39 is 0 Å². The summed E-state index contributed by atoms with van der Waals surface area (Å²) < 4.78 is 2.06. The summed E-state index contributed by atoms with van der Waals surface area (Å²) in [4.78, 5) is 12.3. The first-order chi connectivity index (χ1) is 9.74. The summed E-state index contributed by atoms with van der Waals surface area (Å²) in [5.41, 5.74) is 1.38. The lowest BCUT2D eigenvalue weighted by molar-refractivity contribution is 0.322. The van der Waals surface area contributed by atoms with Gasteiger partial charge < -0.3 is 4.57 Å². The van der Waals surface area contributed by atoms with E-state index in [1.54, 1.807) is 6.33 Å². The van der Waals surface area contributed by atoms with Gasteiger partial charge in [-0.25, -0.2) is 9.97 Å². The van der Waals surface area contributed by atoms with Crippen molar-refractivity contribution >= 4 is 34.4 Å². The number of aromatic nitrogens is 4. The van der Waals surface area contributed by atoms with E-state index in [1.807, 2.05) is 13.8 Å². The molecule has 0 spiro atoms. The van der Waals surface area contributed by atoms with Gasteiger partial charge in [0.2, 0.25) is 5.28 Å². The molecule has 1 aliphatic carbocycles. The first kappa shape index (κ1) is 15.5. The smallest absolute Gasteiger partial charge is 0.225 e. The molecule has 1 fully saturated rings. The molecule has 1 saturated carbocycles. The molecular weight excluding hydrogens is 295 g/mol. The summed E-state index contributed by atoms with van der Waals surface area (Å²) in [5.74, 6) is 0.711. The Morgan fingerprint density at radius 1 is 1.15 bits per heavy atom. The summed E-state index contributed by atoms with van der Waals surface area (Å²) in [6.07, 6.45) is 8.37. The minimum absolute atomic E-state index is 0.149. The van der Waals surface area contributed by atoms with Crippen molar-refractivity contribution in [1.82, 2.24) is 19.5 Å². The minimum Gasteiger partial charge on any atom is -0.326 e. The number of nitrogens with zero attached hydrogens (tertiary/aromatic N) is 4. The molecule has 110 valence electrons. The van der Waals surface area contributed by atoms with Crippen LogP contribution in [0.3, 0.4) is 0 Å². The van der Waals surface area contributed by atoms with Crippen molar-refractivity contribution < 1.29 is 0 Å². The van der Waals surface area contributed by atoms with E-state index in [1.165, 1.54) is 32.1 Å². The van der Waals surface area contributed by atoms with Crippen molar-refractivity contribution in [3.05, 3.63) is 16.8 Å². The van der Waals surface area contributed by atoms with E-state index in [0.29, 0.717) is 16.7 Å². The van der Waals surface area contributed by atoms with Gasteiger partial charge in [-0.3, -0.25) is 0 Å². The molecule has 0 N–H and O–H groups in total. The molecule has 0 radical (unpaired) electrons. The fourth-order valence-electron chi connectivity index (χ4n) is 2.70. The van der Waals surface area contributed by atoms with Crippen LogP contribution in [0.2, 0.25) is 10.4 Å². The van der Waals surface area contributed by atoms with Crippen LogP contribution < -0.4 is 0 Å². The van der Waals surface area contributed by atoms with E-state index in [4.69, 9.17) is 23.2 Å². The summed E-state index contributed by atoms with van der Waals surface area (Å²) >= 11 is 11.9. The van der Waals surface area contributed by atoms with Crippen LogP contribution in [0.4, 0.5) is 0 Å². The van der Waals surface area contributed by atoms with Crippen molar-refractivity contribution in [1.29, 1.82) is 0 Å². The third kappa shape index (κ3) is 3.41. The highest BCUT2D eigenvalue weighted by Gasteiger charge is 2.17. The van der Waals surface area contributed by atoms with E-state index in [9.17, 15) is 0 Å². The largest absolute Gasteiger partial charge is 0.326 e. The molecule has 0 saturated heterocycles. The topological polar surface area (TPSA) is 43.6 Å². The zero-order valence-corrected chi connectivity index (χ0v) is 13.5. The number of fused-ring (bicyclic) bond motifs is 1. The monoisotopic (exact) mass is 314 g/mol. The first-order valence-electron chi connectivity index (χ1n) is 7.28. The maximum atomic E-state index is 6.13. The van der Waals surface area contributed by atoms with Crippen molar-refractivity contribution in [2.45, 2.75) is 52.5 Å². The molecule has 2 heterocycles. The molecule has 0 bridgehead atoms. The molecular formula is C14H20Cl2N4. The van der Waals surface area contributed by atoms with Crippen molar-refractivity contribution in [2.75, 3.05) is 0 Å². The third-order valence-electron chi connectivity index (χ3n) is 3.58. The van der Waals surface area contributed by atoms with E-state index in [2.05, 4.69) is 19.5 Å². The van der Waals surface area contributed by atoms with Gasteiger partial charge >= 0.3 is 0 Å². The molecule has 0 aromatic carbocycles. The predicted octanol–water partition coefficient (Wildman–Crippen LogP) is 4.74. The van der Waals surface area contributed by atoms with Gasteiger partial charge in [-0.05, 0) is 30.4 Å². The molecule has 1 aliphatic rings. The van der Waals surface area contributed by atoms with Crippen LogP contribution in [-0.2, 0) is 6.54 Å². The van der Waals surface area contributed by atoms with Crippen molar-refractivity contribution in [2.24, 2.45) is 5.92 Å². The van der Waals surface area contributed by atoms with Crippen LogP contribution in [0.15, 0.2) is 6.33 Å². The number of rotatable bonds is 2. The zero-order valence-electron chi connectivity index (χ0n) is 11.9. The lowest BCUT2D eigenvalue weighted by atomic mass is 9.89. The van der Waals surface area contributed by atoms with Gasteiger partial charge in [0.25, 0.3) is 0 Å². The van der Waals surface area contributed by atoms with Gasteiger partial charge in [-0.15, -0.1) is 0 Å². The summed E-state index contributed by atoms with van der Waals surface area (Å²) in [6, 6.07) is 0. The van der Waals surface area contributed by atoms with Crippen LogP contribution in [-0.4, -0.2) is 19.5 Å². The second-order valence-electron chi connectivity index (χ2n) is 4.86. The average molecular weight is 315 g/mol. The predicted molar refractivity (Wildman–Crippen MR) is 83.3 cm³/mol. The lowest BCUT2D eigenvalue weighted by Gasteiger charge is -2.22. The number of hydrogen-bond acceptors (Lipinski definition) is 3. The van der Waals surface area contributed by atoms with Gasteiger partial charge in [0.15, 0.2) is 10.8 Å². The Kier molecular flexibility index (Phi) is 5.61. The quantitative estimate of drug-likeness (QED) is 0.594. The first-order valence-corrected chi connectivity index (χ1v) is 8.03. The maximum Gasteiger partial charge on any atom is 0.225 e. The minimum atomic E-state index is 0.149. The standard InChI is InChI=1S/C12H14Cl2N4.C2H6/c13-10-9-11(17-12(14)16-10)15-7-18(9)6-8-4-2-1-3-5-8;1-2/h7-8H,1-6H2;1-2H3. The molecule has 20 heavy (non-hydrogen) atoms. The third-order valence-corrected chi connectivity index (χ3v) is 4.01. The molecule has 4 nitrogen and oxygen atoms in total. The maximum absolute atomic E-state index is 6.13. The second kappa shape index (κ2) is 7.23. The fourth-order valence-corrected chi connectivity index (χ4v) is 3.18. The van der Waals surface area contributed by atoms with E-state index in [-0.39, 0.29) is 5.28 Å². The van der Waals surface area contributed by atoms with Crippen LogP contribution >= 0.6 is 23.2 Å². The number of imidazole rings is 1. The van der Waals surface area contributed by atoms with Gasteiger partial charge in [-0.1, -0.05) is 44.7 Å². The van der Waals surface area contributed by atoms with Crippen molar-refractivity contribution in [3.63, 3.8) is 0 Å². The molecule has 6 heteroatoms. The highest BCUT2D eigenvalue weighted by Crippen LogP contribution is 2.28. The highest BCUT2D eigenvalue weighted by atomic mass is 35.5. The molecule has 0 amide bonds. The number of halogens is 2. The SMILES string of the molecule is CC.Clc1nc(Cl)c2c(ncn2CC2CCCCC2)n1. The average Bonchev–Trinajstić information content (AvgIpc) is 2.85. The van der Waals surface area contributed by atoms with Crippen LogP contribution in [0.25, 0.3) is 11.2 Å². The molecule has 2 aromatic heterocycles. The molecule has 0 atom stereocenters.